The van der Waals surface area contributed by atoms with Crippen molar-refractivity contribution in [2.75, 3.05) is 9.80 Å². The minimum Gasteiger partial charge on any atom is -0.311 e. The number of rotatable bonds is 8. The van der Waals surface area contributed by atoms with Crippen LogP contribution in [0.2, 0.25) is 0 Å². The van der Waals surface area contributed by atoms with E-state index in [2.05, 4.69) is 199 Å². The van der Waals surface area contributed by atoms with E-state index in [9.17, 15) is 0 Å². The molecular formula is C44H34N2S. The van der Waals surface area contributed by atoms with Crippen molar-refractivity contribution in [3.63, 3.8) is 0 Å². The molecule has 0 fully saturated rings. The van der Waals surface area contributed by atoms with Crippen molar-refractivity contribution in [1.29, 1.82) is 0 Å². The molecular weight excluding hydrogens is 589 g/mol. The third-order valence-corrected chi connectivity index (χ3v) is 10.1. The number of thiophene rings is 1. The lowest BCUT2D eigenvalue weighted by molar-refractivity contribution is 0.922. The second kappa shape index (κ2) is 12.6. The topological polar surface area (TPSA) is 6.48 Å². The van der Waals surface area contributed by atoms with Gasteiger partial charge in [-0.05, 0) is 90.0 Å². The summed E-state index contributed by atoms with van der Waals surface area (Å²) in [4.78, 5) is 4.66. The SMILES string of the molecule is CC(c1ccc(N(c2ccccc2)c2ccccc2)cc1)c1ccc(N(c2ccccc2)c2ccc3c(c2)sc2ccccc23)cc1. The van der Waals surface area contributed by atoms with Gasteiger partial charge in [-0.3, -0.25) is 0 Å². The number of hydrogen-bond donors (Lipinski definition) is 0. The number of anilines is 6. The van der Waals surface area contributed by atoms with Gasteiger partial charge in [0, 0.05) is 60.2 Å². The molecule has 0 aliphatic carbocycles. The quantitative estimate of drug-likeness (QED) is 0.166. The molecule has 0 aliphatic heterocycles. The van der Waals surface area contributed by atoms with Crippen LogP contribution in [0.1, 0.15) is 24.0 Å². The molecule has 7 aromatic carbocycles. The summed E-state index contributed by atoms with van der Waals surface area (Å²) in [6.45, 7) is 2.29. The van der Waals surface area contributed by atoms with Crippen LogP contribution in [0.4, 0.5) is 34.1 Å². The Hall–Kier alpha value is -5.64. The van der Waals surface area contributed by atoms with Gasteiger partial charge in [0.25, 0.3) is 0 Å². The van der Waals surface area contributed by atoms with Gasteiger partial charge in [0.15, 0.2) is 0 Å². The molecule has 0 radical (unpaired) electrons. The molecule has 1 atom stereocenters. The molecule has 47 heavy (non-hydrogen) atoms. The fraction of sp³-hybridized carbons (Fsp3) is 0.0455. The Morgan fingerprint density at radius 1 is 0.362 bits per heavy atom. The molecule has 226 valence electrons. The first-order valence-electron chi connectivity index (χ1n) is 16.1. The summed E-state index contributed by atoms with van der Waals surface area (Å²) in [6, 6.07) is 65.4. The molecule has 1 aromatic heterocycles. The summed E-state index contributed by atoms with van der Waals surface area (Å²) in [6.07, 6.45) is 0. The van der Waals surface area contributed by atoms with Crippen molar-refractivity contribution in [3.05, 3.63) is 193 Å². The Labute approximate surface area is 280 Å². The van der Waals surface area contributed by atoms with Crippen LogP contribution in [0.15, 0.2) is 182 Å². The second-order valence-corrected chi connectivity index (χ2v) is 12.9. The lowest BCUT2D eigenvalue weighted by Crippen LogP contribution is -2.10. The van der Waals surface area contributed by atoms with Gasteiger partial charge in [-0.25, -0.2) is 0 Å². The summed E-state index contributed by atoms with van der Waals surface area (Å²) >= 11 is 1.86. The average Bonchev–Trinajstić information content (AvgIpc) is 3.52. The third kappa shape index (κ3) is 5.67. The molecule has 1 unspecified atom stereocenters. The van der Waals surface area contributed by atoms with E-state index < -0.39 is 0 Å². The number of hydrogen-bond acceptors (Lipinski definition) is 3. The van der Waals surface area contributed by atoms with Crippen molar-refractivity contribution in [3.8, 4) is 0 Å². The van der Waals surface area contributed by atoms with Crippen molar-refractivity contribution >= 4 is 65.6 Å². The summed E-state index contributed by atoms with van der Waals surface area (Å²) in [5.74, 6) is 0.250. The van der Waals surface area contributed by atoms with E-state index in [4.69, 9.17) is 0 Å². The van der Waals surface area contributed by atoms with Crippen LogP contribution in [-0.2, 0) is 0 Å². The van der Waals surface area contributed by atoms with Gasteiger partial charge in [-0.2, -0.15) is 0 Å². The highest BCUT2D eigenvalue weighted by atomic mass is 32.1. The van der Waals surface area contributed by atoms with Gasteiger partial charge < -0.3 is 9.80 Å². The first-order valence-corrected chi connectivity index (χ1v) is 16.9. The van der Waals surface area contributed by atoms with Gasteiger partial charge in [0.05, 0.1) is 0 Å². The number of para-hydroxylation sites is 3. The summed E-state index contributed by atoms with van der Waals surface area (Å²) in [5, 5.41) is 2.64. The predicted molar refractivity (Wildman–Crippen MR) is 203 cm³/mol. The molecule has 0 bridgehead atoms. The molecule has 3 heteroatoms. The predicted octanol–water partition coefficient (Wildman–Crippen LogP) is 13.1. The van der Waals surface area contributed by atoms with Crippen molar-refractivity contribution in [2.24, 2.45) is 0 Å². The van der Waals surface area contributed by atoms with E-state index in [1.807, 2.05) is 11.3 Å². The molecule has 0 aliphatic rings. The Bertz CT molecular complexity index is 2200. The standard InChI is InChI=1S/C44H34N2S/c1-32(33-21-25-38(26-22-33)45(35-13-5-2-6-14-35)36-15-7-3-8-16-36)34-23-27-39(28-24-34)46(37-17-9-4-10-18-37)40-29-30-42-41-19-11-12-20-43(41)47-44(42)31-40/h2-32H,1H3. The molecule has 8 aromatic rings. The number of benzene rings is 7. The maximum absolute atomic E-state index is 2.36. The van der Waals surface area contributed by atoms with Crippen LogP contribution in [0.25, 0.3) is 20.2 Å². The molecule has 2 nitrogen and oxygen atoms in total. The largest absolute Gasteiger partial charge is 0.311 e. The van der Waals surface area contributed by atoms with E-state index in [-0.39, 0.29) is 5.92 Å². The van der Waals surface area contributed by atoms with Gasteiger partial charge in [-0.1, -0.05) is 110 Å². The van der Waals surface area contributed by atoms with Crippen LogP contribution < -0.4 is 9.80 Å². The van der Waals surface area contributed by atoms with Crippen LogP contribution in [0, 0.1) is 0 Å². The normalized spacial score (nSPS) is 11.9. The maximum atomic E-state index is 2.36. The van der Waals surface area contributed by atoms with Gasteiger partial charge in [0.1, 0.15) is 0 Å². The van der Waals surface area contributed by atoms with Crippen molar-refractivity contribution < 1.29 is 0 Å². The summed E-state index contributed by atoms with van der Waals surface area (Å²) < 4.78 is 2.63. The van der Waals surface area contributed by atoms with Crippen molar-refractivity contribution in [2.45, 2.75) is 12.8 Å². The lowest BCUT2D eigenvalue weighted by atomic mass is 9.92. The Morgan fingerprint density at radius 3 is 1.26 bits per heavy atom. The summed E-state index contributed by atoms with van der Waals surface area (Å²) in [7, 11) is 0. The molecule has 0 saturated heterocycles. The first-order chi connectivity index (χ1) is 23.2. The van der Waals surface area contributed by atoms with Crippen molar-refractivity contribution in [1.82, 2.24) is 0 Å². The minimum atomic E-state index is 0.250. The Kier molecular flexibility index (Phi) is 7.74. The molecule has 0 amide bonds. The average molecular weight is 623 g/mol. The number of nitrogens with zero attached hydrogens (tertiary/aromatic N) is 2. The van der Waals surface area contributed by atoms with E-state index in [1.54, 1.807) is 0 Å². The van der Waals surface area contributed by atoms with Crippen LogP contribution in [0.3, 0.4) is 0 Å². The van der Waals surface area contributed by atoms with E-state index >= 15 is 0 Å². The second-order valence-electron chi connectivity index (χ2n) is 11.9. The Morgan fingerprint density at radius 2 is 0.745 bits per heavy atom. The Balaban J connectivity index is 1.09. The molecule has 1 heterocycles. The van der Waals surface area contributed by atoms with Gasteiger partial charge >= 0.3 is 0 Å². The van der Waals surface area contributed by atoms with Gasteiger partial charge in [-0.15, -0.1) is 11.3 Å². The smallest absolute Gasteiger partial charge is 0.0476 e. The number of fused-ring (bicyclic) bond motifs is 3. The fourth-order valence-electron chi connectivity index (χ4n) is 6.50. The van der Waals surface area contributed by atoms with Crippen LogP contribution in [-0.4, -0.2) is 0 Å². The van der Waals surface area contributed by atoms with E-state index in [0.717, 1.165) is 34.1 Å². The lowest BCUT2D eigenvalue weighted by Gasteiger charge is -2.26. The fourth-order valence-corrected chi connectivity index (χ4v) is 7.63. The van der Waals surface area contributed by atoms with Crippen LogP contribution in [0.5, 0.6) is 0 Å². The highest BCUT2D eigenvalue weighted by Gasteiger charge is 2.17. The first kappa shape index (κ1) is 28.8. The summed E-state index contributed by atoms with van der Waals surface area (Å²) in [5.41, 5.74) is 9.45. The van der Waals surface area contributed by atoms with E-state index in [1.165, 1.54) is 31.3 Å². The highest BCUT2D eigenvalue weighted by Crippen LogP contribution is 2.41. The third-order valence-electron chi connectivity index (χ3n) is 8.97. The van der Waals surface area contributed by atoms with E-state index in [0.29, 0.717) is 0 Å². The molecule has 0 saturated carbocycles. The minimum absolute atomic E-state index is 0.250. The zero-order valence-electron chi connectivity index (χ0n) is 26.2. The molecule has 0 N–H and O–H groups in total. The highest BCUT2D eigenvalue weighted by molar-refractivity contribution is 7.25. The molecule has 8 rings (SSSR count). The zero-order valence-corrected chi connectivity index (χ0v) is 27.0. The zero-order chi connectivity index (χ0) is 31.6. The van der Waals surface area contributed by atoms with Crippen LogP contribution >= 0.6 is 11.3 Å². The van der Waals surface area contributed by atoms with Gasteiger partial charge in [0.2, 0.25) is 0 Å². The monoisotopic (exact) mass is 622 g/mol. The maximum Gasteiger partial charge on any atom is 0.0476 e. The molecule has 0 spiro atoms.